The van der Waals surface area contributed by atoms with E-state index in [4.69, 9.17) is 9.47 Å². The molecule has 16 nitrogen and oxygen atoms in total. The molecule has 10 rings (SSSR count). The van der Waals surface area contributed by atoms with Crippen LogP contribution in [0.1, 0.15) is 55.2 Å². The topological polar surface area (TPSA) is 182 Å². The molecule has 1 aromatic heterocycles. The molecule has 4 amide bonds. The molecule has 2 N–H and O–H groups in total. The third kappa shape index (κ3) is 7.68. The molecule has 0 radical (unpaired) electrons. The highest BCUT2D eigenvalue weighted by atomic mass is 32.2. The number of carbonyl (C=O) groups is 4. The monoisotopic (exact) mass is 879 g/mol. The Balaban J connectivity index is 0.731. The zero-order valence-electron chi connectivity index (χ0n) is 34.5. The molecule has 5 aliphatic rings. The molecule has 1 saturated carbocycles. The molecule has 5 heterocycles. The van der Waals surface area contributed by atoms with Crippen LogP contribution in [-0.2, 0) is 43.0 Å². The second kappa shape index (κ2) is 15.8. The Kier molecular flexibility index (Phi) is 10.2. The van der Waals surface area contributed by atoms with Crippen LogP contribution in [0.25, 0.3) is 21.8 Å². The number of rotatable bonds is 11. The van der Waals surface area contributed by atoms with E-state index in [0.717, 1.165) is 55.5 Å². The summed E-state index contributed by atoms with van der Waals surface area (Å²) >= 11 is 0. The molecule has 0 spiro atoms. The molecule has 5 aromatic rings. The van der Waals surface area contributed by atoms with Crippen LogP contribution in [0.3, 0.4) is 0 Å². The van der Waals surface area contributed by atoms with E-state index >= 15 is 4.39 Å². The van der Waals surface area contributed by atoms with Crippen molar-refractivity contribution < 1.29 is 41.5 Å². The summed E-state index contributed by atoms with van der Waals surface area (Å²) in [6.07, 6.45) is 2.92. The Morgan fingerprint density at radius 2 is 1.68 bits per heavy atom. The van der Waals surface area contributed by atoms with Crippen molar-refractivity contribution in [1.29, 1.82) is 0 Å². The number of likely N-dealkylation sites (tertiary alicyclic amines) is 2. The van der Waals surface area contributed by atoms with Gasteiger partial charge in [-0.2, -0.15) is 8.42 Å². The van der Waals surface area contributed by atoms with Gasteiger partial charge in [0, 0.05) is 31.3 Å². The summed E-state index contributed by atoms with van der Waals surface area (Å²) in [5, 5.41) is 2.90. The Bertz CT molecular complexity index is 2870. The standard InChI is InChI=1S/C45H46FN7O9S/c1-49-37-18-28(8-10-35(37)53(45(49)58)36-11-12-39(54)47-43(36)56)27-13-15-50(16-14-27)21-30-17-34(30)44(57)51-22-32(23-51)62-31-9-7-29-19-38(61-25-26-5-3-2-4-6-26)42(41(46)33(29)20-31)52-24-40(55)48-63(52,59)60/h2-10,18-20,27,30,32,34,36H,11-17,21-25H2,1H3,(H,48,55)(H,47,54,56). The Morgan fingerprint density at radius 3 is 2.41 bits per heavy atom. The number of aryl methyl sites for hydroxylation is 1. The molecule has 3 atom stereocenters. The average Bonchev–Trinajstić information content (AvgIpc) is 3.90. The molecule has 1 aliphatic carbocycles. The smallest absolute Gasteiger partial charge is 0.329 e. The molecule has 4 aliphatic heterocycles. The first-order valence-electron chi connectivity index (χ1n) is 21.3. The number of nitrogens with one attached hydrogen (secondary N) is 2. The summed E-state index contributed by atoms with van der Waals surface area (Å²) in [6.45, 7) is 2.90. The first-order valence-corrected chi connectivity index (χ1v) is 22.7. The number of ether oxygens (including phenoxy) is 2. The predicted molar refractivity (Wildman–Crippen MR) is 229 cm³/mol. The van der Waals surface area contributed by atoms with Gasteiger partial charge >= 0.3 is 15.9 Å². The average molecular weight is 880 g/mol. The van der Waals surface area contributed by atoms with E-state index < -0.39 is 40.4 Å². The van der Waals surface area contributed by atoms with Crippen molar-refractivity contribution in [3.8, 4) is 11.5 Å². The molecular formula is C45H46FN7O9S. The maximum absolute atomic E-state index is 16.4. The number of benzene rings is 4. The molecule has 3 unspecified atom stereocenters. The lowest BCUT2D eigenvalue weighted by atomic mass is 9.89. The molecule has 63 heavy (non-hydrogen) atoms. The van der Waals surface area contributed by atoms with Gasteiger partial charge in [0.15, 0.2) is 5.82 Å². The summed E-state index contributed by atoms with van der Waals surface area (Å²) in [6, 6.07) is 20.9. The number of imide groups is 1. The second-order valence-electron chi connectivity index (χ2n) is 17.3. The Morgan fingerprint density at radius 1 is 0.905 bits per heavy atom. The van der Waals surface area contributed by atoms with E-state index in [2.05, 4.69) is 16.3 Å². The number of fused-ring (bicyclic) bond motifs is 2. The first kappa shape index (κ1) is 40.8. The SMILES string of the molecule is Cn1c(=O)n(C2CCC(=O)NC2=O)c2ccc(C3CCN(CC4CC4C(=O)N4CC(Oc5ccc6cc(OCc7ccccc7)c(N7CC(=O)NS7(=O)=O)c(F)c6c5)C4)CC3)cc21. The third-order valence-corrected chi connectivity index (χ3v) is 14.6. The number of aromatic nitrogens is 2. The fourth-order valence-electron chi connectivity index (χ4n) is 9.61. The van der Waals surface area contributed by atoms with Crippen molar-refractivity contribution >= 4 is 61.3 Å². The van der Waals surface area contributed by atoms with Crippen LogP contribution in [0.4, 0.5) is 10.1 Å². The largest absolute Gasteiger partial charge is 0.487 e. The lowest BCUT2D eigenvalue weighted by molar-refractivity contribution is -0.142. The van der Waals surface area contributed by atoms with Crippen molar-refractivity contribution in [3.63, 3.8) is 0 Å². The number of halogens is 1. The van der Waals surface area contributed by atoms with E-state index in [0.29, 0.717) is 46.4 Å². The summed E-state index contributed by atoms with van der Waals surface area (Å²) < 4.78 is 59.9. The van der Waals surface area contributed by atoms with Gasteiger partial charge in [-0.25, -0.2) is 18.2 Å². The van der Waals surface area contributed by atoms with Crippen LogP contribution in [0.2, 0.25) is 0 Å². The van der Waals surface area contributed by atoms with Crippen molar-refractivity contribution in [3.05, 3.63) is 100 Å². The minimum absolute atomic E-state index is 0.0285. The quantitative estimate of drug-likeness (QED) is 0.187. The minimum Gasteiger partial charge on any atom is -0.487 e. The van der Waals surface area contributed by atoms with Gasteiger partial charge in [0.05, 0.1) is 24.1 Å². The number of nitrogens with zero attached hydrogens (tertiary/aromatic N) is 5. The van der Waals surface area contributed by atoms with Crippen molar-refractivity contribution in [1.82, 2.24) is 29.0 Å². The van der Waals surface area contributed by atoms with Crippen molar-refractivity contribution in [2.75, 3.05) is 43.6 Å². The molecular weight excluding hydrogens is 834 g/mol. The normalized spacial score (nSPS) is 22.9. The van der Waals surface area contributed by atoms with Crippen LogP contribution < -0.4 is 29.5 Å². The zero-order valence-corrected chi connectivity index (χ0v) is 35.3. The summed E-state index contributed by atoms with van der Waals surface area (Å²) in [7, 11) is -2.64. The van der Waals surface area contributed by atoms with Gasteiger partial charge in [0.1, 0.15) is 42.5 Å². The van der Waals surface area contributed by atoms with Gasteiger partial charge in [0.2, 0.25) is 17.7 Å². The lowest BCUT2D eigenvalue weighted by Gasteiger charge is -2.39. The number of amides is 4. The van der Waals surface area contributed by atoms with Gasteiger partial charge in [-0.05, 0) is 97.5 Å². The predicted octanol–water partition coefficient (Wildman–Crippen LogP) is 3.48. The minimum atomic E-state index is -4.35. The van der Waals surface area contributed by atoms with Crippen molar-refractivity contribution in [2.45, 2.75) is 56.8 Å². The summed E-state index contributed by atoms with van der Waals surface area (Å²) in [4.78, 5) is 67.4. The number of carbonyl (C=O) groups excluding carboxylic acids is 4. The number of hydrogen-bond acceptors (Lipinski definition) is 10. The zero-order chi connectivity index (χ0) is 43.7. The number of piperidine rings is 2. The highest BCUT2D eigenvalue weighted by Gasteiger charge is 2.48. The lowest BCUT2D eigenvalue weighted by Crippen LogP contribution is -2.56. The highest BCUT2D eigenvalue weighted by Crippen LogP contribution is 2.44. The van der Waals surface area contributed by atoms with Gasteiger partial charge in [0.25, 0.3) is 5.91 Å². The number of anilines is 1. The Labute approximate surface area is 361 Å². The fourth-order valence-corrected chi connectivity index (χ4v) is 10.8. The summed E-state index contributed by atoms with van der Waals surface area (Å²) in [5.41, 5.74) is 2.73. The van der Waals surface area contributed by atoms with E-state index in [1.54, 1.807) is 34.7 Å². The summed E-state index contributed by atoms with van der Waals surface area (Å²) in [5.74, 6) is -1.40. The maximum atomic E-state index is 16.4. The molecule has 0 bridgehead atoms. The van der Waals surface area contributed by atoms with Crippen LogP contribution in [0.5, 0.6) is 11.5 Å². The van der Waals surface area contributed by atoms with Crippen LogP contribution in [0, 0.1) is 17.7 Å². The van der Waals surface area contributed by atoms with Gasteiger partial charge < -0.3 is 19.3 Å². The Hall–Kier alpha value is -6.27. The van der Waals surface area contributed by atoms with Gasteiger partial charge in [-0.15, -0.1) is 0 Å². The van der Waals surface area contributed by atoms with E-state index in [1.165, 1.54) is 10.6 Å². The molecule has 18 heteroatoms. The first-order chi connectivity index (χ1) is 30.3. The molecule has 4 saturated heterocycles. The van der Waals surface area contributed by atoms with Gasteiger partial charge in [-0.3, -0.25) is 33.6 Å². The van der Waals surface area contributed by atoms with Crippen LogP contribution >= 0.6 is 0 Å². The molecule has 4 aromatic carbocycles. The number of imidazole rings is 1. The van der Waals surface area contributed by atoms with Crippen LogP contribution in [0.15, 0.2) is 77.6 Å². The maximum Gasteiger partial charge on any atom is 0.329 e. The second-order valence-corrected chi connectivity index (χ2v) is 18.9. The van der Waals surface area contributed by atoms with E-state index in [9.17, 15) is 32.4 Å². The van der Waals surface area contributed by atoms with E-state index in [-0.39, 0.29) is 65.3 Å². The van der Waals surface area contributed by atoms with Crippen LogP contribution in [-0.4, -0.2) is 96.4 Å². The molecule has 5 fully saturated rings. The number of hydrogen-bond donors (Lipinski definition) is 2. The highest BCUT2D eigenvalue weighted by molar-refractivity contribution is 7.92. The third-order valence-electron chi connectivity index (χ3n) is 13.2. The van der Waals surface area contributed by atoms with Crippen molar-refractivity contribution in [2.24, 2.45) is 18.9 Å². The molecule has 328 valence electrons. The van der Waals surface area contributed by atoms with Gasteiger partial charge in [-0.1, -0.05) is 42.5 Å². The van der Waals surface area contributed by atoms with E-state index in [1.807, 2.05) is 47.2 Å². The fraction of sp³-hybridized carbons (Fsp3) is 0.400.